The fourth-order valence-electron chi connectivity index (χ4n) is 2.62. The number of nitrogens with one attached hydrogen (secondary N) is 1. The van der Waals surface area contributed by atoms with E-state index in [2.05, 4.69) is 10.3 Å². The van der Waals surface area contributed by atoms with Crippen molar-refractivity contribution in [1.29, 1.82) is 0 Å². The summed E-state index contributed by atoms with van der Waals surface area (Å²) in [5, 5.41) is 3.09. The van der Waals surface area contributed by atoms with Crippen molar-refractivity contribution < 1.29 is 13.2 Å². The molecule has 6 heteroatoms. The Balaban J connectivity index is 2.30. The van der Waals surface area contributed by atoms with Crippen LogP contribution in [0.15, 0.2) is 17.7 Å². The van der Waals surface area contributed by atoms with Crippen LogP contribution in [-0.2, 0) is 6.54 Å². The Morgan fingerprint density at radius 2 is 2.05 bits per heavy atom. The second-order valence-electron chi connectivity index (χ2n) is 5.34. The number of aryl methyl sites for hydroxylation is 2. The van der Waals surface area contributed by atoms with Crippen LogP contribution in [0.3, 0.4) is 0 Å². The normalized spacial score (nSPS) is 16.1. The molecule has 116 valence electrons. The first-order valence-electron chi connectivity index (χ1n) is 6.96. The molecule has 0 radical (unpaired) electrons. The molecule has 0 saturated heterocycles. The summed E-state index contributed by atoms with van der Waals surface area (Å²) in [6, 6.07) is 2.00. The number of pyridine rings is 1. The van der Waals surface area contributed by atoms with Crippen molar-refractivity contribution >= 4 is 5.82 Å². The molecule has 0 aliphatic carbocycles. The average molecular weight is 299 g/mol. The quantitative estimate of drug-likeness (QED) is 0.869. The van der Waals surface area contributed by atoms with Crippen LogP contribution >= 0.6 is 0 Å². The van der Waals surface area contributed by atoms with Gasteiger partial charge in [-0.15, -0.1) is 0 Å². The summed E-state index contributed by atoms with van der Waals surface area (Å²) in [5.74, 6) is 0.791. The Bertz CT molecular complexity index is 550. The third kappa shape index (κ3) is 3.56. The molecule has 1 N–H and O–H groups in total. The molecule has 0 fully saturated rings. The van der Waals surface area contributed by atoms with E-state index in [0.29, 0.717) is 13.1 Å². The Morgan fingerprint density at radius 3 is 2.57 bits per heavy atom. The monoisotopic (exact) mass is 299 g/mol. The molecule has 1 aromatic heterocycles. The van der Waals surface area contributed by atoms with Crippen LogP contribution in [0.25, 0.3) is 0 Å². The molecule has 0 unspecified atom stereocenters. The number of halogens is 3. The minimum atomic E-state index is -4.21. The van der Waals surface area contributed by atoms with E-state index < -0.39 is 11.7 Å². The molecule has 2 rings (SSSR count). The summed E-state index contributed by atoms with van der Waals surface area (Å²) < 4.78 is 38.1. The number of nitrogens with zero attached hydrogens (tertiary/aromatic N) is 2. The van der Waals surface area contributed by atoms with Crippen molar-refractivity contribution in [3.63, 3.8) is 0 Å². The Labute approximate surface area is 122 Å². The fraction of sp³-hybridized carbons (Fsp3) is 0.533. The van der Waals surface area contributed by atoms with E-state index in [1.807, 2.05) is 31.9 Å². The molecular formula is C15H20F3N3. The maximum absolute atomic E-state index is 12.7. The third-order valence-corrected chi connectivity index (χ3v) is 3.68. The van der Waals surface area contributed by atoms with Crippen molar-refractivity contribution in [3.05, 3.63) is 34.5 Å². The SMILES string of the molecule is CNCc1c(C)cc(C)nc1N1CC=C(C(F)(F)F)CC1. The lowest BCUT2D eigenvalue weighted by Crippen LogP contribution is -2.33. The zero-order valence-electron chi connectivity index (χ0n) is 12.5. The average Bonchev–Trinajstić information content (AvgIpc) is 2.41. The van der Waals surface area contributed by atoms with Gasteiger partial charge in [0.05, 0.1) is 0 Å². The Kier molecular flexibility index (Phi) is 4.56. The van der Waals surface area contributed by atoms with Crippen molar-refractivity contribution in [2.75, 3.05) is 25.0 Å². The van der Waals surface area contributed by atoms with Crippen molar-refractivity contribution in [2.24, 2.45) is 0 Å². The van der Waals surface area contributed by atoms with Gasteiger partial charge in [-0.2, -0.15) is 13.2 Å². The molecular weight excluding hydrogens is 279 g/mol. The number of alkyl halides is 3. The first-order valence-corrected chi connectivity index (χ1v) is 6.96. The molecule has 0 spiro atoms. The van der Waals surface area contributed by atoms with E-state index in [-0.39, 0.29) is 13.0 Å². The van der Waals surface area contributed by atoms with Crippen LogP contribution in [0.1, 0.15) is 23.2 Å². The van der Waals surface area contributed by atoms with Crippen LogP contribution < -0.4 is 10.2 Å². The predicted octanol–water partition coefficient (Wildman–Crippen LogP) is 3.12. The van der Waals surface area contributed by atoms with E-state index >= 15 is 0 Å². The van der Waals surface area contributed by atoms with Crippen LogP contribution in [0.4, 0.5) is 19.0 Å². The second kappa shape index (κ2) is 6.05. The van der Waals surface area contributed by atoms with E-state index in [9.17, 15) is 13.2 Å². The lowest BCUT2D eigenvalue weighted by molar-refractivity contribution is -0.0944. The van der Waals surface area contributed by atoms with Crippen LogP contribution in [0.5, 0.6) is 0 Å². The Morgan fingerprint density at radius 1 is 1.33 bits per heavy atom. The number of hydrogen-bond donors (Lipinski definition) is 1. The molecule has 0 saturated carbocycles. The van der Waals surface area contributed by atoms with E-state index in [4.69, 9.17) is 0 Å². The molecule has 0 amide bonds. The highest BCUT2D eigenvalue weighted by Crippen LogP contribution is 2.32. The van der Waals surface area contributed by atoms with Gasteiger partial charge in [-0.25, -0.2) is 4.98 Å². The fourth-order valence-corrected chi connectivity index (χ4v) is 2.62. The summed E-state index contributed by atoms with van der Waals surface area (Å²) in [6.45, 7) is 5.16. The van der Waals surface area contributed by atoms with E-state index in [1.54, 1.807) is 0 Å². The van der Waals surface area contributed by atoms with E-state index in [0.717, 1.165) is 22.6 Å². The van der Waals surface area contributed by atoms with Gasteiger partial charge in [0.2, 0.25) is 0 Å². The van der Waals surface area contributed by atoms with Crippen molar-refractivity contribution in [3.8, 4) is 0 Å². The van der Waals surface area contributed by atoms with Crippen LogP contribution in [0, 0.1) is 13.8 Å². The van der Waals surface area contributed by atoms with Crippen molar-refractivity contribution in [2.45, 2.75) is 33.0 Å². The predicted molar refractivity (Wildman–Crippen MR) is 77.4 cm³/mol. The van der Waals surface area contributed by atoms with E-state index in [1.165, 1.54) is 6.08 Å². The van der Waals surface area contributed by atoms with Gasteiger partial charge < -0.3 is 10.2 Å². The van der Waals surface area contributed by atoms with Gasteiger partial charge in [0.25, 0.3) is 0 Å². The molecule has 3 nitrogen and oxygen atoms in total. The third-order valence-electron chi connectivity index (χ3n) is 3.68. The molecule has 2 heterocycles. The molecule has 0 atom stereocenters. The van der Waals surface area contributed by atoms with Gasteiger partial charge in [0, 0.05) is 36.5 Å². The highest BCUT2D eigenvalue weighted by atomic mass is 19.4. The second-order valence-corrected chi connectivity index (χ2v) is 5.34. The summed E-state index contributed by atoms with van der Waals surface area (Å²) in [4.78, 5) is 6.46. The molecule has 0 bridgehead atoms. The number of rotatable bonds is 3. The summed E-state index contributed by atoms with van der Waals surface area (Å²) in [7, 11) is 1.85. The smallest absolute Gasteiger partial charge is 0.352 e. The summed E-state index contributed by atoms with van der Waals surface area (Å²) in [5.41, 5.74) is 2.61. The molecule has 0 aromatic carbocycles. The van der Waals surface area contributed by atoms with Gasteiger partial charge in [0.15, 0.2) is 0 Å². The molecule has 1 aromatic rings. The first kappa shape index (κ1) is 15.8. The number of aromatic nitrogens is 1. The van der Waals surface area contributed by atoms with Crippen molar-refractivity contribution in [1.82, 2.24) is 10.3 Å². The van der Waals surface area contributed by atoms with Crippen LogP contribution in [-0.4, -0.2) is 31.3 Å². The lowest BCUT2D eigenvalue weighted by atomic mass is 10.0. The summed E-state index contributed by atoms with van der Waals surface area (Å²) in [6.07, 6.45) is -2.93. The number of hydrogen-bond acceptors (Lipinski definition) is 3. The largest absolute Gasteiger partial charge is 0.412 e. The highest BCUT2D eigenvalue weighted by Gasteiger charge is 2.35. The maximum Gasteiger partial charge on any atom is 0.412 e. The number of anilines is 1. The zero-order valence-corrected chi connectivity index (χ0v) is 12.5. The first-order chi connectivity index (χ1) is 9.82. The topological polar surface area (TPSA) is 28.2 Å². The minimum Gasteiger partial charge on any atom is -0.352 e. The lowest BCUT2D eigenvalue weighted by Gasteiger charge is -2.30. The van der Waals surface area contributed by atoms with Gasteiger partial charge in [-0.05, 0) is 38.9 Å². The van der Waals surface area contributed by atoms with Crippen LogP contribution in [0.2, 0.25) is 0 Å². The standard InChI is InChI=1S/C15H20F3N3/c1-10-8-11(2)20-14(13(10)9-19-3)21-6-4-12(5-7-21)15(16,17)18/h4,8,19H,5-7,9H2,1-3H3. The van der Waals surface area contributed by atoms with Gasteiger partial charge in [0.1, 0.15) is 5.82 Å². The molecule has 1 aliphatic rings. The Hall–Kier alpha value is -1.56. The van der Waals surface area contributed by atoms with Gasteiger partial charge >= 0.3 is 6.18 Å². The minimum absolute atomic E-state index is 0.0111. The van der Waals surface area contributed by atoms with Gasteiger partial charge in [-0.1, -0.05) is 6.08 Å². The highest BCUT2D eigenvalue weighted by molar-refractivity contribution is 5.53. The molecule has 1 aliphatic heterocycles. The zero-order chi connectivity index (χ0) is 15.6. The maximum atomic E-state index is 12.7. The molecule has 21 heavy (non-hydrogen) atoms. The summed E-state index contributed by atoms with van der Waals surface area (Å²) >= 11 is 0. The van der Waals surface area contributed by atoms with Gasteiger partial charge in [-0.3, -0.25) is 0 Å².